The number of rotatable bonds is 3. The van der Waals surface area contributed by atoms with Crippen LogP contribution in [0.4, 0.5) is 5.69 Å². The molecule has 0 spiro atoms. The van der Waals surface area contributed by atoms with Crippen molar-refractivity contribution < 1.29 is 9.90 Å². The third-order valence-electron chi connectivity index (χ3n) is 2.29. The van der Waals surface area contributed by atoms with E-state index in [2.05, 4.69) is 20.9 Å². The molecule has 2 rings (SSSR count). The highest BCUT2D eigenvalue weighted by Gasteiger charge is 1.95. The maximum absolute atomic E-state index is 10.7. The molecule has 0 amide bonds. The van der Waals surface area contributed by atoms with E-state index in [1.54, 1.807) is 18.3 Å². The van der Waals surface area contributed by atoms with E-state index in [0.29, 0.717) is 5.69 Å². The number of carbonyl (C=O) groups is 1. The molecule has 4 heteroatoms. The summed E-state index contributed by atoms with van der Waals surface area (Å²) in [5, 5.41) is 10.7. The summed E-state index contributed by atoms with van der Waals surface area (Å²) >= 11 is 3.37. The Labute approximate surface area is 113 Å². The Morgan fingerprint density at radius 1 is 1.17 bits per heavy atom. The average molecular weight is 303 g/mol. The second-order valence-corrected chi connectivity index (χ2v) is 4.57. The first-order chi connectivity index (χ1) is 8.65. The predicted octanol–water partition coefficient (Wildman–Crippen LogP) is 2.56. The monoisotopic (exact) mass is 302 g/mol. The van der Waals surface area contributed by atoms with Crippen molar-refractivity contribution in [1.29, 1.82) is 0 Å². The molecule has 0 radical (unpaired) electrons. The molecular formula is C14H9BrNO2-. The minimum Gasteiger partial charge on any atom is -0.545 e. The van der Waals surface area contributed by atoms with Gasteiger partial charge < -0.3 is 9.90 Å². The maximum Gasteiger partial charge on any atom is 0.0716 e. The summed E-state index contributed by atoms with van der Waals surface area (Å²) in [4.78, 5) is 14.9. The van der Waals surface area contributed by atoms with Gasteiger partial charge >= 0.3 is 0 Å². The van der Waals surface area contributed by atoms with E-state index in [9.17, 15) is 9.90 Å². The lowest BCUT2D eigenvalue weighted by Gasteiger charge is -2.02. The van der Waals surface area contributed by atoms with Crippen LogP contribution in [0, 0.1) is 0 Å². The van der Waals surface area contributed by atoms with Crippen LogP contribution in [-0.2, 0) is 0 Å². The van der Waals surface area contributed by atoms with Crippen molar-refractivity contribution in [3.05, 3.63) is 64.1 Å². The molecule has 90 valence electrons. The number of hydrogen-bond acceptors (Lipinski definition) is 3. The number of hydrogen-bond donors (Lipinski definition) is 0. The fraction of sp³-hybridized carbons (Fsp3) is 0. The normalized spacial score (nSPS) is 10.7. The van der Waals surface area contributed by atoms with Crippen LogP contribution in [0.25, 0.3) is 0 Å². The van der Waals surface area contributed by atoms with Crippen molar-refractivity contribution >= 4 is 33.8 Å². The van der Waals surface area contributed by atoms with Crippen LogP contribution in [0.3, 0.4) is 0 Å². The Hall–Kier alpha value is -1.94. The third-order valence-corrected chi connectivity index (χ3v) is 2.79. The van der Waals surface area contributed by atoms with Gasteiger partial charge in [-0.15, -0.1) is 0 Å². The highest BCUT2D eigenvalue weighted by atomic mass is 79.9. The van der Waals surface area contributed by atoms with Crippen LogP contribution in [-0.4, -0.2) is 12.2 Å². The zero-order chi connectivity index (χ0) is 13.0. The Morgan fingerprint density at radius 3 is 2.67 bits per heavy atom. The van der Waals surface area contributed by atoms with Gasteiger partial charge in [0.05, 0.1) is 11.7 Å². The van der Waals surface area contributed by atoms with Crippen molar-refractivity contribution in [2.45, 2.75) is 0 Å². The first-order valence-electron chi connectivity index (χ1n) is 5.26. The van der Waals surface area contributed by atoms with Crippen molar-refractivity contribution in [1.82, 2.24) is 0 Å². The van der Waals surface area contributed by atoms with Gasteiger partial charge in [0.1, 0.15) is 0 Å². The summed E-state index contributed by atoms with van der Waals surface area (Å²) in [6.07, 6.45) is 1.68. The maximum atomic E-state index is 10.7. The summed E-state index contributed by atoms with van der Waals surface area (Å²) in [6, 6.07) is 14.0. The number of nitrogens with zero attached hydrogens (tertiary/aromatic N) is 1. The quantitative estimate of drug-likeness (QED) is 0.818. The molecule has 0 heterocycles. The van der Waals surface area contributed by atoms with Gasteiger partial charge in [0, 0.05) is 10.7 Å². The van der Waals surface area contributed by atoms with Gasteiger partial charge in [-0.2, -0.15) is 0 Å². The molecule has 0 aliphatic heterocycles. The van der Waals surface area contributed by atoms with Crippen LogP contribution in [0.2, 0.25) is 0 Å². The Balaban J connectivity index is 2.23. The van der Waals surface area contributed by atoms with Crippen molar-refractivity contribution in [3.63, 3.8) is 0 Å². The molecule has 0 saturated heterocycles. The molecule has 3 nitrogen and oxygen atoms in total. The van der Waals surface area contributed by atoms with Gasteiger partial charge in [0.25, 0.3) is 0 Å². The molecule has 2 aromatic rings. The standard InChI is InChI=1S/C14H10BrNO2/c15-12-5-1-3-10(7-12)9-16-13-6-2-4-11(8-13)14(17)18/h1-9H,(H,17,18)/p-1. The molecular weight excluding hydrogens is 294 g/mol. The summed E-state index contributed by atoms with van der Waals surface area (Å²) in [5.74, 6) is -1.20. The lowest BCUT2D eigenvalue weighted by atomic mass is 10.2. The smallest absolute Gasteiger partial charge is 0.0716 e. The number of aliphatic imine (C=N–C) groups is 1. The second-order valence-electron chi connectivity index (χ2n) is 3.65. The highest BCUT2D eigenvalue weighted by molar-refractivity contribution is 9.10. The van der Waals surface area contributed by atoms with E-state index in [1.165, 1.54) is 12.1 Å². The van der Waals surface area contributed by atoms with Gasteiger partial charge in [-0.05, 0) is 35.4 Å². The molecule has 0 bridgehead atoms. The zero-order valence-corrected chi connectivity index (χ0v) is 10.9. The van der Waals surface area contributed by atoms with Crippen LogP contribution in [0.1, 0.15) is 15.9 Å². The van der Waals surface area contributed by atoms with Crippen LogP contribution in [0.15, 0.2) is 58.0 Å². The molecule has 0 saturated carbocycles. The molecule has 0 aromatic heterocycles. The number of carboxylic acid groups (broad SMARTS) is 1. The number of carbonyl (C=O) groups excluding carboxylic acids is 1. The number of aromatic carboxylic acids is 1. The zero-order valence-electron chi connectivity index (χ0n) is 9.34. The van der Waals surface area contributed by atoms with Crippen molar-refractivity contribution in [3.8, 4) is 0 Å². The second kappa shape index (κ2) is 5.60. The topological polar surface area (TPSA) is 52.5 Å². The Kier molecular flexibility index (Phi) is 3.89. The van der Waals surface area contributed by atoms with Gasteiger partial charge in [-0.1, -0.05) is 40.2 Å². The Morgan fingerprint density at radius 2 is 1.94 bits per heavy atom. The predicted molar refractivity (Wildman–Crippen MR) is 72.2 cm³/mol. The fourth-order valence-corrected chi connectivity index (χ4v) is 1.87. The minimum atomic E-state index is -1.20. The van der Waals surface area contributed by atoms with E-state index in [0.717, 1.165) is 10.0 Å². The largest absolute Gasteiger partial charge is 0.545 e. The van der Waals surface area contributed by atoms with Crippen LogP contribution >= 0.6 is 15.9 Å². The average Bonchev–Trinajstić information content (AvgIpc) is 2.37. The van der Waals surface area contributed by atoms with E-state index in [4.69, 9.17) is 0 Å². The highest BCUT2D eigenvalue weighted by Crippen LogP contribution is 2.15. The molecule has 0 atom stereocenters. The van der Waals surface area contributed by atoms with E-state index < -0.39 is 5.97 Å². The summed E-state index contributed by atoms with van der Waals surface area (Å²) < 4.78 is 0.968. The lowest BCUT2D eigenvalue weighted by Crippen LogP contribution is -2.21. The molecule has 0 fully saturated rings. The first-order valence-corrected chi connectivity index (χ1v) is 6.05. The van der Waals surface area contributed by atoms with Gasteiger partial charge in [0.2, 0.25) is 0 Å². The molecule has 18 heavy (non-hydrogen) atoms. The van der Waals surface area contributed by atoms with Crippen LogP contribution in [0.5, 0.6) is 0 Å². The molecule has 0 aliphatic carbocycles. The Bertz CT molecular complexity index is 608. The van der Waals surface area contributed by atoms with Gasteiger partial charge in [0.15, 0.2) is 0 Å². The van der Waals surface area contributed by atoms with Gasteiger partial charge in [-0.25, -0.2) is 0 Å². The summed E-state index contributed by atoms with van der Waals surface area (Å²) in [5.41, 5.74) is 1.64. The molecule has 0 aliphatic rings. The molecule has 2 aromatic carbocycles. The van der Waals surface area contributed by atoms with Crippen LogP contribution < -0.4 is 5.11 Å². The van der Waals surface area contributed by atoms with Gasteiger partial charge in [-0.3, -0.25) is 4.99 Å². The number of halogens is 1. The molecule has 0 unspecified atom stereocenters. The van der Waals surface area contributed by atoms with Crippen molar-refractivity contribution in [2.75, 3.05) is 0 Å². The fourth-order valence-electron chi connectivity index (χ4n) is 1.45. The number of benzene rings is 2. The summed E-state index contributed by atoms with van der Waals surface area (Å²) in [6.45, 7) is 0. The summed E-state index contributed by atoms with van der Waals surface area (Å²) in [7, 11) is 0. The SMILES string of the molecule is O=C([O-])c1cccc(N=Cc2cccc(Br)c2)c1. The van der Waals surface area contributed by atoms with Crippen molar-refractivity contribution in [2.24, 2.45) is 4.99 Å². The van der Waals surface area contributed by atoms with E-state index in [-0.39, 0.29) is 5.56 Å². The first kappa shape index (κ1) is 12.5. The third kappa shape index (κ3) is 3.28. The lowest BCUT2D eigenvalue weighted by molar-refractivity contribution is -0.255. The molecule has 0 N–H and O–H groups in total. The van der Waals surface area contributed by atoms with E-state index in [1.807, 2.05) is 24.3 Å². The van der Waals surface area contributed by atoms with E-state index >= 15 is 0 Å². The number of carboxylic acids is 1. The minimum absolute atomic E-state index is 0.124.